The van der Waals surface area contributed by atoms with Gasteiger partial charge in [-0.3, -0.25) is 0 Å². The van der Waals surface area contributed by atoms with Crippen molar-refractivity contribution in [3.05, 3.63) is 41.2 Å². The van der Waals surface area contributed by atoms with Crippen LogP contribution in [0.4, 0.5) is 5.69 Å². The smallest absolute Gasteiger partial charge is 0.244 e. The average molecular weight is 288 g/mol. The molecule has 96 valence electrons. The second-order valence-corrected chi connectivity index (χ2v) is 5.57. The van der Waals surface area contributed by atoms with Crippen molar-refractivity contribution in [1.82, 2.24) is 9.88 Å². The van der Waals surface area contributed by atoms with Crippen LogP contribution in [0.15, 0.2) is 39.9 Å². The van der Waals surface area contributed by atoms with Gasteiger partial charge in [-0.25, -0.2) is 13.1 Å². The van der Waals surface area contributed by atoms with Gasteiger partial charge in [-0.05, 0) is 12.1 Å². The first-order valence-corrected chi connectivity index (χ1v) is 6.80. The first kappa shape index (κ1) is 12.9. The van der Waals surface area contributed by atoms with Crippen LogP contribution in [0.5, 0.6) is 0 Å². The lowest BCUT2D eigenvalue weighted by Crippen LogP contribution is -2.24. The summed E-state index contributed by atoms with van der Waals surface area (Å²) in [7, 11) is -3.79. The van der Waals surface area contributed by atoms with Gasteiger partial charge in [0.2, 0.25) is 10.0 Å². The highest BCUT2D eigenvalue weighted by atomic mass is 35.5. The van der Waals surface area contributed by atoms with E-state index in [1.165, 1.54) is 18.3 Å². The third kappa shape index (κ3) is 2.63. The van der Waals surface area contributed by atoms with Gasteiger partial charge in [0.25, 0.3) is 0 Å². The Morgan fingerprint density at radius 2 is 2.17 bits per heavy atom. The maximum absolute atomic E-state index is 12.0. The number of sulfonamides is 1. The molecule has 0 unspecified atom stereocenters. The van der Waals surface area contributed by atoms with Crippen LogP contribution in [0.3, 0.4) is 0 Å². The van der Waals surface area contributed by atoms with Crippen molar-refractivity contribution in [2.75, 3.05) is 5.73 Å². The van der Waals surface area contributed by atoms with Gasteiger partial charge >= 0.3 is 0 Å². The zero-order chi connectivity index (χ0) is 13.2. The zero-order valence-electron chi connectivity index (χ0n) is 9.13. The minimum atomic E-state index is -3.79. The second-order valence-electron chi connectivity index (χ2n) is 3.46. The van der Waals surface area contributed by atoms with Gasteiger partial charge in [0.15, 0.2) is 5.76 Å². The standard InChI is InChI=1S/C10H10ClN3O3S/c11-8-2-1-3-9(12)10(8)18(15,16)14-6-7-4-5-13-17-7/h1-5,14H,6,12H2. The van der Waals surface area contributed by atoms with Crippen molar-refractivity contribution in [3.63, 3.8) is 0 Å². The molecule has 0 amide bonds. The number of halogens is 1. The molecule has 8 heteroatoms. The lowest BCUT2D eigenvalue weighted by molar-refractivity contribution is 0.380. The van der Waals surface area contributed by atoms with E-state index in [1.807, 2.05) is 0 Å². The van der Waals surface area contributed by atoms with Crippen molar-refractivity contribution in [2.45, 2.75) is 11.4 Å². The van der Waals surface area contributed by atoms with Crippen LogP contribution >= 0.6 is 11.6 Å². The number of nitrogens with zero attached hydrogens (tertiary/aromatic N) is 1. The summed E-state index contributed by atoms with van der Waals surface area (Å²) < 4.78 is 31.2. The summed E-state index contributed by atoms with van der Waals surface area (Å²) in [6.45, 7) is -0.0208. The number of nitrogens with two attached hydrogens (primary N) is 1. The Kier molecular flexibility index (Phi) is 3.55. The molecule has 0 saturated carbocycles. The first-order valence-electron chi connectivity index (χ1n) is 4.94. The molecular weight excluding hydrogens is 278 g/mol. The summed E-state index contributed by atoms with van der Waals surface area (Å²) in [5.74, 6) is 0.393. The molecule has 1 heterocycles. The van der Waals surface area contributed by atoms with E-state index in [1.54, 1.807) is 12.1 Å². The highest BCUT2D eigenvalue weighted by molar-refractivity contribution is 7.89. The van der Waals surface area contributed by atoms with Crippen molar-refractivity contribution in [2.24, 2.45) is 0 Å². The molecule has 0 aliphatic heterocycles. The number of nitrogen functional groups attached to an aromatic ring is 1. The van der Waals surface area contributed by atoms with E-state index in [0.717, 1.165) is 0 Å². The van der Waals surface area contributed by atoms with Crippen LogP contribution in [0, 0.1) is 0 Å². The summed E-state index contributed by atoms with van der Waals surface area (Å²) in [6.07, 6.45) is 1.42. The van der Waals surface area contributed by atoms with Crippen LogP contribution in [-0.4, -0.2) is 13.6 Å². The molecule has 0 aliphatic rings. The molecule has 0 spiro atoms. The number of benzene rings is 1. The summed E-state index contributed by atoms with van der Waals surface area (Å²) in [6, 6.07) is 6.06. The van der Waals surface area contributed by atoms with Gasteiger partial charge < -0.3 is 10.3 Å². The molecule has 0 bridgehead atoms. The van der Waals surface area contributed by atoms with E-state index >= 15 is 0 Å². The van der Waals surface area contributed by atoms with E-state index < -0.39 is 10.0 Å². The number of rotatable bonds is 4. The van der Waals surface area contributed by atoms with Crippen LogP contribution < -0.4 is 10.5 Å². The summed E-state index contributed by atoms with van der Waals surface area (Å²) in [5.41, 5.74) is 5.71. The fourth-order valence-electron chi connectivity index (χ4n) is 1.38. The highest BCUT2D eigenvalue weighted by Crippen LogP contribution is 2.26. The maximum Gasteiger partial charge on any atom is 0.244 e. The highest BCUT2D eigenvalue weighted by Gasteiger charge is 2.21. The van der Waals surface area contributed by atoms with Crippen LogP contribution in [-0.2, 0) is 16.6 Å². The second kappa shape index (κ2) is 4.97. The van der Waals surface area contributed by atoms with Gasteiger partial charge in [0, 0.05) is 6.07 Å². The minimum absolute atomic E-state index is 0.0208. The van der Waals surface area contributed by atoms with Crippen molar-refractivity contribution in [3.8, 4) is 0 Å². The maximum atomic E-state index is 12.0. The molecule has 0 fully saturated rings. The molecule has 2 aromatic rings. The third-order valence-corrected chi connectivity index (χ3v) is 4.14. The molecule has 6 nitrogen and oxygen atoms in total. The molecule has 2 rings (SSSR count). The monoisotopic (exact) mass is 287 g/mol. The van der Waals surface area contributed by atoms with E-state index in [2.05, 4.69) is 9.88 Å². The SMILES string of the molecule is Nc1cccc(Cl)c1S(=O)(=O)NCc1ccno1. The van der Waals surface area contributed by atoms with E-state index in [4.69, 9.17) is 21.9 Å². The fourth-order valence-corrected chi connectivity index (χ4v) is 3.05. The van der Waals surface area contributed by atoms with Gasteiger partial charge in [0.05, 0.1) is 23.5 Å². The molecule has 1 aromatic heterocycles. The largest absolute Gasteiger partial charge is 0.398 e. The zero-order valence-corrected chi connectivity index (χ0v) is 10.7. The number of nitrogens with one attached hydrogen (secondary N) is 1. The normalized spacial score (nSPS) is 11.6. The van der Waals surface area contributed by atoms with Crippen molar-refractivity contribution >= 4 is 27.3 Å². The molecule has 0 atom stereocenters. The molecule has 0 saturated heterocycles. The Balaban J connectivity index is 2.26. The summed E-state index contributed by atoms with van der Waals surface area (Å²) >= 11 is 5.84. The Morgan fingerprint density at radius 3 is 2.78 bits per heavy atom. The van der Waals surface area contributed by atoms with Gasteiger partial charge in [-0.15, -0.1) is 0 Å². The Hall–Kier alpha value is -1.57. The quantitative estimate of drug-likeness (QED) is 0.828. The van der Waals surface area contributed by atoms with Crippen molar-refractivity contribution < 1.29 is 12.9 Å². The van der Waals surface area contributed by atoms with Crippen LogP contribution in [0.25, 0.3) is 0 Å². The minimum Gasteiger partial charge on any atom is -0.398 e. The van der Waals surface area contributed by atoms with E-state index in [-0.39, 0.29) is 22.2 Å². The predicted octanol–water partition coefficient (Wildman–Crippen LogP) is 1.39. The lowest BCUT2D eigenvalue weighted by Gasteiger charge is -2.09. The topological polar surface area (TPSA) is 98.2 Å². The number of hydrogen-bond donors (Lipinski definition) is 2. The number of anilines is 1. The van der Waals surface area contributed by atoms with Gasteiger partial charge in [-0.1, -0.05) is 22.8 Å². The molecule has 0 radical (unpaired) electrons. The van der Waals surface area contributed by atoms with Gasteiger partial charge in [0.1, 0.15) is 4.90 Å². The van der Waals surface area contributed by atoms with Gasteiger partial charge in [-0.2, -0.15) is 0 Å². The van der Waals surface area contributed by atoms with Crippen LogP contribution in [0.1, 0.15) is 5.76 Å². The Bertz CT molecular complexity index is 620. The molecule has 3 N–H and O–H groups in total. The number of aromatic nitrogens is 1. The molecule has 1 aromatic carbocycles. The average Bonchev–Trinajstić information content (AvgIpc) is 2.78. The molecule has 18 heavy (non-hydrogen) atoms. The summed E-state index contributed by atoms with van der Waals surface area (Å²) in [4.78, 5) is -0.133. The predicted molar refractivity (Wildman–Crippen MR) is 66.4 cm³/mol. The third-order valence-electron chi connectivity index (χ3n) is 2.19. The molecular formula is C10H10ClN3O3S. The number of hydrogen-bond acceptors (Lipinski definition) is 5. The van der Waals surface area contributed by atoms with E-state index in [9.17, 15) is 8.42 Å². The van der Waals surface area contributed by atoms with Crippen LogP contribution in [0.2, 0.25) is 5.02 Å². The molecule has 0 aliphatic carbocycles. The Labute approximate surface area is 109 Å². The summed E-state index contributed by atoms with van der Waals surface area (Å²) in [5, 5.41) is 3.54. The Morgan fingerprint density at radius 1 is 1.39 bits per heavy atom. The lowest BCUT2D eigenvalue weighted by atomic mass is 10.3. The van der Waals surface area contributed by atoms with Crippen molar-refractivity contribution in [1.29, 1.82) is 0 Å². The van der Waals surface area contributed by atoms with E-state index in [0.29, 0.717) is 5.76 Å². The fraction of sp³-hybridized carbons (Fsp3) is 0.100. The first-order chi connectivity index (χ1) is 8.50.